The van der Waals surface area contributed by atoms with Crippen molar-refractivity contribution < 1.29 is 4.92 Å². The summed E-state index contributed by atoms with van der Waals surface area (Å²) < 4.78 is 0. The molecule has 1 aliphatic carbocycles. The third kappa shape index (κ3) is 3.99. The van der Waals surface area contributed by atoms with E-state index in [1.54, 1.807) is 0 Å². The molecule has 6 N–H and O–H groups in total. The summed E-state index contributed by atoms with van der Waals surface area (Å²) in [5, 5.41) is 14.1. The summed E-state index contributed by atoms with van der Waals surface area (Å²) in [6.45, 7) is 5.07. The minimum absolute atomic E-state index is 0.328. The van der Waals surface area contributed by atoms with Gasteiger partial charge in [-0.1, -0.05) is 121 Å². The lowest BCUT2D eigenvalue weighted by atomic mass is 9.45. The molecule has 0 fully saturated rings. The Balaban J connectivity index is 2.22. The van der Waals surface area contributed by atoms with Gasteiger partial charge in [-0.05, 0) is 50.2 Å². The molecule has 0 saturated heterocycles. The van der Waals surface area contributed by atoms with Crippen molar-refractivity contribution in [1.29, 1.82) is 0 Å². The second-order valence-electron chi connectivity index (χ2n) is 11.6. The molecule has 3 unspecified atom stereocenters. The highest BCUT2D eigenvalue weighted by molar-refractivity contribution is 5.83. The number of hydrogen-bond acceptors (Lipinski definition) is 7. The van der Waals surface area contributed by atoms with E-state index in [9.17, 15) is 10.1 Å². The maximum atomic E-state index is 14.1. The maximum Gasteiger partial charge on any atom is 0.317 e. The fraction of sp³-hybridized carbons (Fsp3) is 0.278. The highest BCUT2D eigenvalue weighted by Gasteiger charge is 2.81. The van der Waals surface area contributed by atoms with Crippen LogP contribution in [0.25, 0.3) is 5.57 Å². The summed E-state index contributed by atoms with van der Waals surface area (Å²) in [6.07, 6.45) is 0. The molecule has 0 saturated carbocycles. The first kappa shape index (κ1) is 31.1. The molecule has 0 aromatic heterocycles. The van der Waals surface area contributed by atoms with Crippen LogP contribution in [0, 0.1) is 10.1 Å². The monoisotopic (exact) mass is 590 g/mol. The summed E-state index contributed by atoms with van der Waals surface area (Å²) in [4.78, 5) is 17.7. The molecule has 0 amide bonds. The molecular weight excluding hydrogens is 548 g/mol. The first-order valence-electron chi connectivity index (χ1n) is 15.0. The number of benzene rings is 4. The van der Waals surface area contributed by atoms with E-state index in [4.69, 9.17) is 17.2 Å². The maximum absolute atomic E-state index is 14.1. The predicted molar refractivity (Wildman–Crippen MR) is 177 cm³/mol. The molecule has 4 aromatic rings. The molecular formula is C36H42N6O2. The van der Waals surface area contributed by atoms with Gasteiger partial charge < -0.3 is 16.4 Å². The molecule has 0 bridgehead atoms. The molecule has 0 heterocycles. The minimum Gasteiger partial charge on any atom is -0.373 e. The van der Waals surface area contributed by atoms with Crippen molar-refractivity contribution >= 4 is 5.57 Å². The lowest BCUT2D eigenvalue weighted by molar-refractivity contribution is -0.568. The van der Waals surface area contributed by atoms with Gasteiger partial charge >= 0.3 is 5.66 Å². The van der Waals surface area contributed by atoms with Gasteiger partial charge in [0.05, 0.1) is 11.3 Å². The van der Waals surface area contributed by atoms with Crippen molar-refractivity contribution in [2.24, 2.45) is 17.2 Å². The van der Waals surface area contributed by atoms with E-state index in [-0.39, 0.29) is 4.92 Å². The third-order valence-corrected chi connectivity index (χ3v) is 9.51. The first-order valence-corrected chi connectivity index (χ1v) is 15.0. The molecule has 8 nitrogen and oxygen atoms in total. The molecule has 4 aromatic carbocycles. The normalized spacial score (nSPS) is 24.7. The molecule has 0 spiro atoms. The highest BCUT2D eigenvalue weighted by Crippen LogP contribution is 2.64. The van der Waals surface area contributed by atoms with Crippen LogP contribution in [0.5, 0.6) is 0 Å². The van der Waals surface area contributed by atoms with Gasteiger partial charge in [0.15, 0.2) is 0 Å². The Bertz CT molecular complexity index is 1590. The van der Waals surface area contributed by atoms with E-state index in [2.05, 4.69) is 4.90 Å². The van der Waals surface area contributed by atoms with Crippen LogP contribution in [0.3, 0.4) is 0 Å². The van der Waals surface area contributed by atoms with Crippen LogP contribution >= 0.6 is 0 Å². The molecule has 1 aliphatic rings. The summed E-state index contributed by atoms with van der Waals surface area (Å²) in [5.41, 5.74) is 19.7. The van der Waals surface area contributed by atoms with Crippen molar-refractivity contribution in [1.82, 2.24) is 9.80 Å². The molecule has 0 radical (unpaired) electrons. The molecule has 8 heteroatoms. The first-order chi connectivity index (χ1) is 21.1. The van der Waals surface area contributed by atoms with Gasteiger partial charge in [-0.15, -0.1) is 0 Å². The Kier molecular flexibility index (Phi) is 8.22. The Morgan fingerprint density at radius 2 is 1.05 bits per heavy atom. The molecule has 228 valence electrons. The summed E-state index contributed by atoms with van der Waals surface area (Å²) in [5.74, 6) is 0. The lowest BCUT2D eigenvalue weighted by Gasteiger charge is -2.67. The smallest absolute Gasteiger partial charge is 0.317 e. The van der Waals surface area contributed by atoms with Gasteiger partial charge in [0, 0.05) is 18.0 Å². The fourth-order valence-corrected chi connectivity index (χ4v) is 7.64. The van der Waals surface area contributed by atoms with Gasteiger partial charge in [0.2, 0.25) is 0 Å². The number of nitrogens with two attached hydrogens (primary N) is 3. The Morgan fingerprint density at radius 3 is 1.41 bits per heavy atom. The van der Waals surface area contributed by atoms with Crippen LogP contribution < -0.4 is 17.2 Å². The Morgan fingerprint density at radius 1 is 0.659 bits per heavy atom. The average Bonchev–Trinajstić information content (AvgIpc) is 3.05. The predicted octanol–water partition coefficient (Wildman–Crippen LogP) is 4.74. The van der Waals surface area contributed by atoms with Crippen molar-refractivity contribution in [3.8, 4) is 0 Å². The minimum atomic E-state index is -2.31. The zero-order valence-corrected chi connectivity index (χ0v) is 25.9. The van der Waals surface area contributed by atoms with Crippen molar-refractivity contribution in [2.75, 3.05) is 27.2 Å². The van der Waals surface area contributed by atoms with Crippen molar-refractivity contribution in [3.63, 3.8) is 0 Å². The zero-order valence-electron chi connectivity index (χ0n) is 25.9. The van der Waals surface area contributed by atoms with Crippen LogP contribution in [-0.4, -0.2) is 53.2 Å². The van der Waals surface area contributed by atoms with Crippen LogP contribution in [0.15, 0.2) is 127 Å². The number of nitro groups is 1. The largest absolute Gasteiger partial charge is 0.373 e. The SMILES string of the molecule is CCN(CC)C1=C(c2ccccc2)C(N)([N+](=O)[O-])C(c2ccccc2)(c2ccccc2)C(N)(N(C)C)C1(N)c1ccccc1. The Hall–Kier alpha value is -4.34. The van der Waals surface area contributed by atoms with Crippen LogP contribution in [0.4, 0.5) is 0 Å². The molecule has 3 atom stereocenters. The van der Waals surface area contributed by atoms with E-state index in [1.807, 2.05) is 154 Å². The fourth-order valence-electron chi connectivity index (χ4n) is 7.64. The number of hydrogen-bond donors (Lipinski definition) is 3. The van der Waals surface area contributed by atoms with Gasteiger partial charge in [-0.3, -0.25) is 20.7 Å². The quantitative estimate of drug-likeness (QED) is 0.146. The van der Waals surface area contributed by atoms with E-state index in [1.165, 1.54) is 0 Å². The van der Waals surface area contributed by atoms with Crippen molar-refractivity contribution in [2.45, 2.75) is 36.1 Å². The number of rotatable bonds is 9. The molecule has 0 aliphatic heterocycles. The molecule has 44 heavy (non-hydrogen) atoms. The summed E-state index contributed by atoms with van der Waals surface area (Å²) >= 11 is 0. The lowest BCUT2D eigenvalue weighted by Crippen LogP contribution is -2.89. The topological polar surface area (TPSA) is 128 Å². The van der Waals surface area contributed by atoms with Crippen LogP contribution in [0.2, 0.25) is 0 Å². The van der Waals surface area contributed by atoms with E-state index in [0.29, 0.717) is 46.6 Å². The average molecular weight is 591 g/mol. The molecule has 5 rings (SSSR count). The summed E-state index contributed by atoms with van der Waals surface area (Å²) in [6, 6.07) is 37.8. The standard InChI is InChI=1S/C36H42N6O2/c1-5-41(6-2)32-31(27-19-11-7-12-20-27)35(38,42(43)44)33(28-21-13-8-14-22-28,29-23-15-9-16-24-29)36(39,40(3)4)34(32,37)30-25-17-10-18-26-30/h7-26H,5-6,37-39H2,1-4H3. The summed E-state index contributed by atoms with van der Waals surface area (Å²) in [7, 11) is 3.66. The number of nitrogens with zero attached hydrogens (tertiary/aromatic N) is 3. The Labute approximate surface area is 259 Å². The van der Waals surface area contributed by atoms with E-state index < -0.39 is 22.3 Å². The second-order valence-corrected chi connectivity index (χ2v) is 11.6. The van der Waals surface area contributed by atoms with Gasteiger partial charge in [0.25, 0.3) is 0 Å². The van der Waals surface area contributed by atoms with Crippen LogP contribution in [-0.2, 0) is 11.0 Å². The highest BCUT2D eigenvalue weighted by atomic mass is 16.6. The van der Waals surface area contributed by atoms with Crippen LogP contribution in [0.1, 0.15) is 36.1 Å². The van der Waals surface area contributed by atoms with Gasteiger partial charge in [0.1, 0.15) is 16.6 Å². The van der Waals surface area contributed by atoms with Gasteiger partial charge in [-0.2, -0.15) is 0 Å². The second kappa shape index (κ2) is 11.6. The number of likely N-dealkylation sites (N-methyl/N-ethyl adjacent to an activating group) is 2. The third-order valence-electron chi connectivity index (χ3n) is 9.51. The van der Waals surface area contributed by atoms with E-state index in [0.717, 1.165) is 0 Å². The van der Waals surface area contributed by atoms with E-state index >= 15 is 0 Å². The zero-order chi connectivity index (χ0) is 31.8. The van der Waals surface area contributed by atoms with Gasteiger partial charge in [-0.25, -0.2) is 0 Å². The van der Waals surface area contributed by atoms with Crippen molar-refractivity contribution in [3.05, 3.63) is 159 Å².